The third-order valence-electron chi connectivity index (χ3n) is 2.34. The fourth-order valence-electron chi connectivity index (χ4n) is 1.62. The van der Waals surface area contributed by atoms with Crippen molar-refractivity contribution in [2.24, 2.45) is 0 Å². The van der Waals surface area contributed by atoms with E-state index in [0.717, 1.165) is 5.69 Å². The van der Waals surface area contributed by atoms with Crippen LogP contribution in [0.25, 0.3) is 0 Å². The highest BCUT2D eigenvalue weighted by atomic mass is 16.1. The number of hydrogen-bond donors (Lipinski definition) is 2. The monoisotopic (exact) mass is 201 g/mol. The van der Waals surface area contributed by atoms with Crippen LogP contribution >= 0.6 is 0 Å². The van der Waals surface area contributed by atoms with Crippen LogP contribution in [0.15, 0.2) is 24.3 Å². The lowest BCUT2D eigenvalue weighted by Gasteiger charge is -2.11. The molecule has 1 heterocycles. The van der Waals surface area contributed by atoms with Crippen molar-refractivity contribution in [1.82, 2.24) is 5.32 Å². The molecule has 2 N–H and O–H groups in total. The first-order chi connectivity index (χ1) is 7.28. The summed E-state index contributed by atoms with van der Waals surface area (Å²) in [6.45, 7) is 0.648. The lowest BCUT2D eigenvalue weighted by Crippen LogP contribution is -2.22. The van der Waals surface area contributed by atoms with E-state index in [1.807, 2.05) is 12.1 Å². The zero-order valence-corrected chi connectivity index (χ0v) is 8.16. The molecular weight excluding hydrogens is 190 g/mol. The third-order valence-corrected chi connectivity index (χ3v) is 2.34. The minimum Gasteiger partial charge on any atom is -0.380 e. The fraction of sp³-hybridized carbons (Fsp3) is 0.273. The Morgan fingerprint density at radius 3 is 3.07 bits per heavy atom. The van der Waals surface area contributed by atoms with Gasteiger partial charge in [0, 0.05) is 18.7 Å². The first-order valence-electron chi connectivity index (χ1n) is 4.81. The largest absolute Gasteiger partial charge is 0.380 e. The van der Waals surface area contributed by atoms with Gasteiger partial charge in [0.15, 0.2) is 0 Å². The van der Waals surface area contributed by atoms with Crippen LogP contribution in [0.3, 0.4) is 0 Å². The molecule has 1 aromatic carbocycles. The summed E-state index contributed by atoms with van der Waals surface area (Å²) in [6, 6.07) is 9.46. The van der Waals surface area contributed by atoms with E-state index in [-0.39, 0.29) is 11.9 Å². The summed E-state index contributed by atoms with van der Waals surface area (Å²) in [5.41, 5.74) is 1.51. The maximum absolute atomic E-state index is 11.0. The van der Waals surface area contributed by atoms with Crippen LogP contribution in [-0.2, 0) is 4.79 Å². The van der Waals surface area contributed by atoms with Gasteiger partial charge in [-0.2, -0.15) is 5.26 Å². The Balaban J connectivity index is 2.05. The first-order valence-corrected chi connectivity index (χ1v) is 4.81. The van der Waals surface area contributed by atoms with E-state index in [1.54, 1.807) is 12.1 Å². The SMILES string of the molecule is N#Cc1cccc(NC2CNC(=O)C2)c1. The minimum atomic E-state index is 0.0731. The molecule has 1 fully saturated rings. The van der Waals surface area contributed by atoms with E-state index in [2.05, 4.69) is 16.7 Å². The predicted molar refractivity (Wildman–Crippen MR) is 56.2 cm³/mol. The average Bonchev–Trinajstić information content (AvgIpc) is 2.64. The summed E-state index contributed by atoms with van der Waals surface area (Å²) < 4.78 is 0. The molecule has 0 radical (unpaired) electrons. The molecule has 1 unspecified atom stereocenters. The van der Waals surface area contributed by atoms with Gasteiger partial charge in [0.05, 0.1) is 17.7 Å². The number of nitrogens with zero attached hydrogens (tertiary/aromatic N) is 1. The quantitative estimate of drug-likeness (QED) is 0.745. The van der Waals surface area contributed by atoms with E-state index < -0.39 is 0 Å². The molecule has 0 spiro atoms. The van der Waals surface area contributed by atoms with Gasteiger partial charge in [-0.1, -0.05) is 6.07 Å². The van der Waals surface area contributed by atoms with Crippen LogP contribution in [0, 0.1) is 11.3 Å². The lowest BCUT2D eigenvalue weighted by molar-refractivity contribution is -0.119. The molecule has 1 amide bonds. The van der Waals surface area contributed by atoms with E-state index in [1.165, 1.54) is 0 Å². The van der Waals surface area contributed by atoms with E-state index in [0.29, 0.717) is 18.5 Å². The zero-order chi connectivity index (χ0) is 10.7. The summed E-state index contributed by atoms with van der Waals surface area (Å²) in [5.74, 6) is 0.0731. The Hall–Kier alpha value is -2.02. The molecule has 4 heteroatoms. The topological polar surface area (TPSA) is 64.9 Å². The van der Waals surface area contributed by atoms with E-state index in [9.17, 15) is 4.79 Å². The molecule has 0 bridgehead atoms. The molecule has 1 aliphatic rings. The molecule has 2 rings (SSSR count). The minimum absolute atomic E-state index is 0.0731. The summed E-state index contributed by atoms with van der Waals surface area (Å²) >= 11 is 0. The van der Waals surface area contributed by atoms with Crippen molar-refractivity contribution in [1.29, 1.82) is 5.26 Å². The number of carbonyl (C=O) groups excluding carboxylic acids is 1. The molecule has 0 saturated carbocycles. The van der Waals surface area contributed by atoms with Crippen molar-refractivity contribution in [3.63, 3.8) is 0 Å². The number of carbonyl (C=O) groups is 1. The van der Waals surface area contributed by atoms with Crippen LogP contribution in [0.2, 0.25) is 0 Å². The van der Waals surface area contributed by atoms with Gasteiger partial charge in [-0.05, 0) is 18.2 Å². The Bertz CT molecular complexity index is 422. The van der Waals surface area contributed by atoms with Crippen molar-refractivity contribution in [2.75, 3.05) is 11.9 Å². The first kappa shape index (κ1) is 9.53. The maximum atomic E-state index is 11.0. The molecule has 0 aromatic heterocycles. The molecule has 76 valence electrons. The van der Waals surface area contributed by atoms with Crippen LogP contribution in [-0.4, -0.2) is 18.5 Å². The predicted octanol–water partition coefficient (Wildman–Crippen LogP) is 0.859. The molecule has 0 aliphatic carbocycles. The van der Waals surface area contributed by atoms with Gasteiger partial charge in [0.1, 0.15) is 0 Å². The zero-order valence-electron chi connectivity index (χ0n) is 8.16. The average molecular weight is 201 g/mol. The van der Waals surface area contributed by atoms with Gasteiger partial charge in [0.25, 0.3) is 0 Å². The van der Waals surface area contributed by atoms with Gasteiger partial charge >= 0.3 is 0 Å². The smallest absolute Gasteiger partial charge is 0.222 e. The summed E-state index contributed by atoms with van der Waals surface area (Å²) in [6.07, 6.45) is 0.497. The van der Waals surface area contributed by atoms with Crippen molar-refractivity contribution < 1.29 is 4.79 Å². The van der Waals surface area contributed by atoms with Crippen LogP contribution in [0.4, 0.5) is 5.69 Å². The van der Waals surface area contributed by atoms with Gasteiger partial charge < -0.3 is 10.6 Å². The van der Waals surface area contributed by atoms with Crippen LogP contribution in [0.5, 0.6) is 0 Å². The molecule has 1 aromatic rings. The van der Waals surface area contributed by atoms with E-state index in [4.69, 9.17) is 5.26 Å². The highest BCUT2D eigenvalue weighted by molar-refractivity contribution is 5.79. The van der Waals surface area contributed by atoms with Crippen molar-refractivity contribution in [3.8, 4) is 6.07 Å². The van der Waals surface area contributed by atoms with Crippen molar-refractivity contribution in [3.05, 3.63) is 29.8 Å². The molecule has 1 atom stereocenters. The Morgan fingerprint density at radius 2 is 2.40 bits per heavy atom. The standard InChI is InChI=1S/C11H11N3O/c12-6-8-2-1-3-9(4-8)14-10-5-11(15)13-7-10/h1-4,10,14H,5,7H2,(H,13,15). The number of nitrogens with one attached hydrogen (secondary N) is 2. The van der Waals surface area contributed by atoms with Crippen molar-refractivity contribution >= 4 is 11.6 Å². The number of hydrogen-bond acceptors (Lipinski definition) is 3. The Kier molecular flexibility index (Phi) is 2.55. The third kappa shape index (κ3) is 2.26. The van der Waals surface area contributed by atoms with E-state index >= 15 is 0 Å². The second kappa shape index (κ2) is 4.01. The van der Waals surface area contributed by atoms with Gasteiger partial charge in [-0.3, -0.25) is 4.79 Å². The normalized spacial score (nSPS) is 19.4. The summed E-state index contributed by atoms with van der Waals surface area (Å²) in [4.78, 5) is 11.0. The maximum Gasteiger partial charge on any atom is 0.222 e. The van der Waals surface area contributed by atoms with Gasteiger partial charge in [-0.15, -0.1) is 0 Å². The Labute approximate surface area is 87.9 Å². The molecular formula is C11H11N3O. The number of nitriles is 1. The van der Waals surface area contributed by atoms with Gasteiger partial charge in [-0.25, -0.2) is 0 Å². The molecule has 1 aliphatic heterocycles. The second-order valence-electron chi connectivity index (χ2n) is 3.54. The molecule has 1 saturated heterocycles. The summed E-state index contributed by atoms with van der Waals surface area (Å²) in [5, 5.41) is 14.7. The number of benzene rings is 1. The van der Waals surface area contributed by atoms with Crippen molar-refractivity contribution in [2.45, 2.75) is 12.5 Å². The second-order valence-corrected chi connectivity index (χ2v) is 3.54. The van der Waals surface area contributed by atoms with Crippen LogP contribution < -0.4 is 10.6 Å². The highest BCUT2D eigenvalue weighted by Crippen LogP contribution is 2.13. The number of rotatable bonds is 2. The highest BCUT2D eigenvalue weighted by Gasteiger charge is 2.20. The lowest BCUT2D eigenvalue weighted by atomic mass is 10.2. The molecule has 4 nitrogen and oxygen atoms in total. The molecule has 15 heavy (non-hydrogen) atoms. The van der Waals surface area contributed by atoms with Crippen LogP contribution in [0.1, 0.15) is 12.0 Å². The summed E-state index contributed by atoms with van der Waals surface area (Å²) in [7, 11) is 0. The fourth-order valence-corrected chi connectivity index (χ4v) is 1.62. The number of anilines is 1. The Morgan fingerprint density at radius 1 is 1.53 bits per heavy atom. The number of amides is 1. The van der Waals surface area contributed by atoms with Gasteiger partial charge in [0.2, 0.25) is 5.91 Å².